The lowest BCUT2D eigenvalue weighted by molar-refractivity contribution is -0.121. The summed E-state index contributed by atoms with van der Waals surface area (Å²) >= 11 is 0. The molecule has 1 saturated heterocycles. The minimum atomic E-state index is -0.0390. The number of nitrogens with zero attached hydrogens (tertiary/aromatic N) is 3. The maximum Gasteiger partial charge on any atom is 0.253 e. The van der Waals surface area contributed by atoms with Crippen molar-refractivity contribution in [2.75, 3.05) is 25.0 Å². The SMILES string of the molecule is CN(C(=O)c1ccc2c(c1)[C@H](NC(=O)Cc1ccccc1)CC2)C1CCN(c2ccncc2)CC1. The topological polar surface area (TPSA) is 65.5 Å². The van der Waals surface area contributed by atoms with Crippen molar-refractivity contribution < 1.29 is 9.59 Å². The molecular weight excluding hydrogens is 436 g/mol. The monoisotopic (exact) mass is 468 g/mol. The highest BCUT2D eigenvalue weighted by atomic mass is 16.2. The molecule has 35 heavy (non-hydrogen) atoms. The van der Waals surface area contributed by atoms with E-state index in [1.165, 1.54) is 11.3 Å². The first-order valence-electron chi connectivity index (χ1n) is 12.5. The second kappa shape index (κ2) is 10.3. The van der Waals surface area contributed by atoms with E-state index in [9.17, 15) is 9.59 Å². The molecule has 0 radical (unpaired) electrons. The van der Waals surface area contributed by atoms with Crippen LogP contribution in [0.25, 0.3) is 0 Å². The number of carbonyl (C=O) groups is 2. The highest BCUT2D eigenvalue weighted by Crippen LogP contribution is 2.32. The number of nitrogens with one attached hydrogen (secondary N) is 1. The van der Waals surface area contributed by atoms with Gasteiger partial charge in [-0.3, -0.25) is 14.6 Å². The number of anilines is 1. The number of aromatic nitrogens is 1. The van der Waals surface area contributed by atoms with Crippen molar-refractivity contribution >= 4 is 17.5 Å². The van der Waals surface area contributed by atoms with Crippen LogP contribution in [0.1, 0.15) is 52.4 Å². The van der Waals surface area contributed by atoms with Crippen LogP contribution in [0, 0.1) is 0 Å². The second-order valence-corrected chi connectivity index (χ2v) is 9.57. The minimum absolute atomic E-state index is 0.0175. The Morgan fingerprint density at radius 2 is 1.74 bits per heavy atom. The molecule has 180 valence electrons. The fraction of sp³-hybridized carbons (Fsp3) is 0.345. The van der Waals surface area contributed by atoms with E-state index in [0.717, 1.165) is 49.9 Å². The van der Waals surface area contributed by atoms with Gasteiger partial charge in [-0.2, -0.15) is 0 Å². The Morgan fingerprint density at radius 1 is 1.00 bits per heavy atom. The molecule has 6 heteroatoms. The molecule has 1 atom stereocenters. The van der Waals surface area contributed by atoms with E-state index in [1.54, 1.807) is 0 Å². The van der Waals surface area contributed by atoms with Gasteiger partial charge in [-0.25, -0.2) is 0 Å². The Morgan fingerprint density at radius 3 is 2.49 bits per heavy atom. The van der Waals surface area contributed by atoms with Gasteiger partial charge in [-0.1, -0.05) is 36.4 Å². The molecular formula is C29H32N4O2. The van der Waals surface area contributed by atoms with Gasteiger partial charge in [-0.15, -0.1) is 0 Å². The lowest BCUT2D eigenvalue weighted by Gasteiger charge is -2.38. The van der Waals surface area contributed by atoms with Crippen molar-refractivity contribution in [1.29, 1.82) is 0 Å². The van der Waals surface area contributed by atoms with Crippen LogP contribution in [-0.2, 0) is 17.6 Å². The summed E-state index contributed by atoms with van der Waals surface area (Å²) in [5, 5.41) is 3.19. The Kier molecular flexibility index (Phi) is 6.80. The molecule has 0 unspecified atom stereocenters. The van der Waals surface area contributed by atoms with Crippen LogP contribution in [0.15, 0.2) is 73.1 Å². The van der Waals surface area contributed by atoms with Crippen LogP contribution in [-0.4, -0.2) is 47.9 Å². The molecule has 1 aliphatic heterocycles. The molecule has 6 nitrogen and oxygen atoms in total. The van der Waals surface area contributed by atoms with E-state index < -0.39 is 0 Å². The number of pyridine rings is 1. The first-order chi connectivity index (χ1) is 17.1. The predicted molar refractivity (Wildman–Crippen MR) is 137 cm³/mol. The van der Waals surface area contributed by atoms with Crippen molar-refractivity contribution in [2.45, 2.75) is 44.2 Å². The van der Waals surface area contributed by atoms with Crippen LogP contribution >= 0.6 is 0 Å². The number of hydrogen-bond acceptors (Lipinski definition) is 4. The van der Waals surface area contributed by atoms with Crippen LogP contribution in [0.3, 0.4) is 0 Å². The van der Waals surface area contributed by atoms with E-state index in [2.05, 4.69) is 21.3 Å². The summed E-state index contributed by atoms with van der Waals surface area (Å²) < 4.78 is 0. The number of amides is 2. The van der Waals surface area contributed by atoms with E-state index in [0.29, 0.717) is 12.0 Å². The molecule has 2 heterocycles. The van der Waals surface area contributed by atoms with Crippen molar-refractivity contribution in [1.82, 2.24) is 15.2 Å². The van der Waals surface area contributed by atoms with Crippen molar-refractivity contribution in [3.63, 3.8) is 0 Å². The van der Waals surface area contributed by atoms with E-state index >= 15 is 0 Å². The highest BCUT2D eigenvalue weighted by Gasteiger charge is 2.29. The zero-order valence-electron chi connectivity index (χ0n) is 20.2. The number of aryl methyl sites for hydroxylation is 1. The third-order valence-corrected chi connectivity index (χ3v) is 7.37. The average molecular weight is 469 g/mol. The number of benzene rings is 2. The zero-order chi connectivity index (χ0) is 24.2. The fourth-order valence-corrected chi connectivity index (χ4v) is 5.35. The summed E-state index contributed by atoms with van der Waals surface area (Å²) in [5.41, 5.74) is 5.19. The predicted octanol–water partition coefficient (Wildman–Crippen LogP) is 4.17. The van der Waals surface area contributed by atoms with Gasteiger partial charge in [0.05, 0.1) is 12.5 Å². The summed E-state index contributed by atoms with van der Waals surface area (Å²) in [5.74, 6) is 0.0697. The van der Waals surface area contributed by atoms with Gasteiger partial charge in [0.1, 0.15) is 0 Å². The third-order valence-electron chi connectivity index (χ3n) is 7.37. The smallest absolute Gasteiger partial charge is 0.253 e. The summed E-state index contributed by atoms with van der Waals surface area (Å²) in [6, 6.07) is 20.0. The number of rotatable bonds is 6. The molecule has 1 fully saturated rings. The lowest BCUT2D eigenvalue weighted by atomic mass is 10.00. The van der Waals surface area contributed by atoms with Crippen molar-refractivity contribution in [3.8, 4) is 0 Å². The van der Waals surface area contributed by atoms with Gasteiger partial charge in [0.2, 0.25) is 5.91 Å². The number of fused-ring (bicyclic) bond motifs is 1. The lowest BCUT2D eigenvalue weighted by Crippen LogP contribution is -2.45. The molecule has 1 aliphatic carbocycles. The summed E-state index contributed by atoms with van der Waals surface area (Å²) in [4.78, 5) is 34.4. The van der Waals surface area contributed by atoms with Crippen LogP contribution in [0.2, 0.25) is 0 Å². The summed E-state index contributed by atoms with van der Waals surface area (Å²) in [6.45, 7) is 1.85. The van der Waals surface area contributed by atoms with Gasteiger partial charge in [-0.05, 0) is 66.6 Å². The van der Waals surface area contributed by atoms with Gasteiger partial charge in [0.25, 0.3) is 5.91 Å². The number of carbonyl (C=O) groups excluding carboxylic acids is 2. The number of hydrogen-bond donors (Lipinski definition) is 1. The average Bonchev–Trinajstić information content (AvgIpc) is 3.30. The van der Waals surface area contributed by atoms with Gasteiger partial charge >= 0.3 is 0 Å². The minimum Gasteiger partial charge on any atom is -0.371 e. The Bertz CT molecular complexity index is 1170. The van der Waals surface area contributed by atoms with Crippen molar-refractivity contribution in [3.05, 3.63) is 95.3 Å². The molecule has 2 amide bonds. The van der Waals surface area contributed by atoms with Gasteiger partial charge < -0.3 is 15.1 Å². The second-order valence-electron chi connectivity index (χ2n) is 9.57. The van der Waals surface area contributed by atoms with Gasteiger partial charge in [0.15, 0.2) is 0 Å². The molecule has 3 aromatic rings. The maximum absolute atomic E-state index is 13.4. The van der Waals surface area contributed by atoms with Crippen LogP contribution in [0.4, 0.5) is 5.69 Å². The molecule has 1 aromatic heterocycles. The van der Waals surface area contributed by atoms with E-state index in [1.807, 2.05) is 78.9 Å². The molecule has 1 N–H and O–H groups in total. The van der Waals surface area contributed by atoms with Crippen molar-refractivity contribution in [2.24, 2.45) is 0 Å². The molecule has 0 saturated carbocycles. The summed E-state index contributed by atoms with van der Waals surface area (Å²) in [6.07, 6.45) is 7.68. The third kappa shape index (κ3) is 5.21. The first-order valence-corrected chi connectivity index (χ1v) is 12.5. The first kappa shape index (κ1) is 23.1. The summed E-state index contributed by atoms with van der Waals surface area (Å²) in [7, 11) is 1.92. The van der Waals surface area contributed by atoms with E-state index in [-0.39, 0.29) is 23.9 Å². The Labute approximate surface area is 207 Å². The Hall–Kier alpha value is -3.67. The number of piperidine rings is 1. The molecule has 2 aromatic carbocycles. The molecule has 2 aliphatic rings. The fourth-order valence-electron chi connectivity index (χ4n) is 5.35. The molecule has 5 rings (SSSR count). The maximum atomic E-state index is 13.4. The van der Waals surface area contributed by atoms with Crippen LogP contribution < -0.4 is 10.2 Å². The Balaban J connectivity index is 1.21. The van der Waals surface area contributed by atoms with Gasteiger partial charge in [0, 0.05) is 49.8 Å². The molecule has 0 bridgehead atoms. The largest absolute Gasteiger partial charge is 0.371 e. The highest BCUT2D eigenvalue weighted by molar-refractivity contribution is 5.94. The standard InChI is InChI=1S/C29H32N4O2/c1-32(24-13-17-33(18-14-24)25-11-15-30-16-12-25)29(35)23-8-7-22-9-10-27(26(22)20-23)31-28(34)19-21-5-3-2-4-6-21/h2-8,11-12,15-16,20,24,27H,9-10,13-14,17-19H2,1H3,(H,31,34)/t27-/m1/s1. The van der Waals surface area contributed by atoms with E-state index in [4.69, 9.17) is 0 Å². The van der Waals surface area contributed by atoms with Crippen LogP contribution in [0.5, 0.6) is 0 Å². The molecule has 0 spiro atoms. The quantitative estimate of drug-likeness (QED) is 0.590. The zero-order valence-corrected chi connectivity index (χ0v) is 20.2. The normalized spacial score (nSPS) is 17.6.